The summed E-state index contributed by atoms with van der Waals surface area (Å²) >= 11 is 0. The number of nitrogens with zero attached hydrogens (tertiary/aromatic N) is 7. The van der Waals surface area contributed by atoms with Crippen molar-refractivity contribution in [3.63, 3.8) is 0 Å². The summed E-state index contributed by atoms with van der Waals surface area (Å²) < 4.78 is 62.9. The highest BCUT2D eigenvalue weighted by molar-refractivity contribution is 5.99. The summed E-state index contributed by atoms with van der Waals surface area (Å²) in [5.74, 6) is -9.66. The predicted octanol–water partition coefficient (Wildman–Crippen LogP) is 6.24. The second-order valence-corrected chi connectivity index (χ2v) is 29.0. The van der Waals surface area contributed by atoms with Gasteiger partial charge >= 0.3 is 6.18 Å². The van der Waals surface area contributed by atoms with Crippen molar-refractivity contribution in [2.24, 2.45) is 23.7 Å². The molecular weight excluding hydrogens is 1290 g/mol. The Hall–Kier alpha value is -7.71. The van der Waals surface area contributed by atoms with Gasteiger partial charge in [-0.2, -0.15) is 13.2 Å². The summed E-state index contributed by atoms with van der Waals surface area (Å²) in [6.07, 6.45) is -0.335. The third-order valence-electron chi connectivity index (χ3n) is 20.1. The molecule has 4 N–H and O–H groups in total. The van der Waals surface area contributed by atoms with Crippen LogP contribution in [-0.4, -0.2) is 222 Å². The number of rotatable bonds is 14. The number of likely N-dealkylation sites (N-methyl/N-ethyl adjacent to an activating group) is 6. The van der Waals surface area contributed by atoms with Crippen molar-refractivity contribution < 1.29 is 75.0 Å². The summed E-state index contributed by atoms with van der Waals surface area (Å²) in [6.45, 7) is 10.8. The zero-order valence-electron chi connectivity index (χ0n) is 60.1. The van der Waals surface area contributed by atoms with Gasteiger partial charge in [0.15, 0.2) is 0 Å². The van der Waals surface area contributed by atoms with Crippen LogP contribution in [0.1, 0.15) is 168 Å². The number of fused-ring (bicyclic) bond motifs is 1. The highest BCUT2D eigenvalue weighted by Crippen LogP contribution is 2.36. The number of hydrogen-bond donors (Lipinski definition) is 4. The van der Waals surface area contributed by atoms with Crippen LogP contribution in [0.4, 0.5) is 17.6 Å². The molecule has 2 aromatic rings. The Labute approximate surface area is 580 Å². The molecule has 6 rings (SSSR count). The van der Waals surface area contributed by atoms with Crippen molar-refractivity contribution in [2.45, 2.75) is 224 Å². The first-order valence-electron chi connectivity index (χ1n) is 35.1. The predicted molar refractivity (Wildman–Crippen MR) is 362 cm³/mol. The van der Waals surface area contributed by atoms with E-state index in [9.17, 15) is 51.5 Å². The molecule has 23 nitrogen and oxygen atoms in total. The number of alkyl halides is 3. The second-order valence-electron chi connectivity index (χ2n) is 29.0. The zero-order valence-corrected chi connectivity index (χ0v) is 60.1. The average molecular weight is 1390 g/mol. The first kappa shape index (κ1) is 80.3. The molecule has 2 saturated heterocycles. The fourth-order valence-electron chi connectivity index (χ4n) is 13.9. The standard InChI is InChI=1S/C72H107F4N11O12/c1-14-46(6)63-69(97)83(10)41-61(90)81(8)42-62(91)85(12)58(37-48-23-17-15-18-24-48)68(96)82(9)40-59(88)78-54(30-28-49-27-29-52(53(73)36-49)72(74,75)76)67(95)87-39-51(99-43-50-25-19-16-20-26-50)38-57(87)66(94)80-71(31-21-22-32-71)70(98)86(13)56(34-45(4)5)64(92)77-47(7)35-60(89)84(11)55(33-44(2)3)65(93)79-63/h16,19-20,25-27,29,36,44-48,51,54-58,63H,14-15,17-18,21-24,28,30-35,37-43H2,1-13H3,(H,77,92)(H,78,88)(H,79,93)(H,80,94)/t46-,47+,51+,54-,55-,56-,57-,58-,63-/m0/s1. The molecular formula is C72H107F4N11O12. The topological polar surface area (TPSA) is 268 Å². The van der Waals surface area contributed by atoms with Gasteiger partial charge in [-0.1, -0.05) is 129 Å². The SMILES string of the molecule is CC[C@H](C)[C@@H]1NC(=O)[C@H](CC(C)C)N(C)C(=O)C[C@@H](C)NC(=O)[C@H](CC(C)C)N(C)C(=O)C2(CCCC2)NC(=O)[C@@H]2C[C@@H](OCc3ccccc3)CN2C(=O)[C@H](CCc2ccc(C(F)(F)F)c(F)c2)NC(=O)CN(C)C(=O)[C@H](CC2CCCCC2)N(C)C(=O)CN(C)C(=O)CN(C)C1=O. The van der Waals surface area contributed by atoms with Crippen molar-refractivity contribution in [3.8, 4) is 0 Å². The molecule has 27 heteroatoms. The van der Waals surface area contributed by atoms with Crippen molar-refractivity contribution in [1.82, 2.24) is 55.6 Å². The summed E-state index contributed by atoms with van der Waals surface area (Å²) in [5, 5.41) is 11.6. The second kappa shape index (κ2) is 36.1. The minimum absolute atomic E-state index is 0.00627. The van der Waals surface area contributed by atoms with Crippen LogP contribution in [0.5, 0.6) is 0 Å². The Bertz CT molecular complexity index is 3160. The van der Waals surface area contributed by atoms with Crippen LogP contribution in [0.25, 0.3) is 0 Å². The van der Waals surface area contributed by atoms with Crippen molar-refractivity contribution in [3.05, 3.63) is 71.0 Å². The van der Waals surface area contributed by atoms with E-state index in [1.807, 2.05) is 65.0 Å². The summed E-state index contributed by atoms with van der Waals surface area (Å²) in [5.41, 5.74) is -2.30. The molecule has 0 bridgehead atoms. The third-order valence-corrected chi connectivity index (χ3v) is 20.1. The van der Waals surface area contributed by atoms with Crippen LogP contribution in [0.15, 0.2) is 48.5 Å². The van der Waals surface area contributed by atoms with E-state index in [0.717, 1.165) is 58.4 Å². The van der Waals surface area contributed by atoms with E-state index >= 15 is 18.8 Å². The fraction of sp³-hybridized carbons (Fsp3) is 0.681. The first-order valence-corrected chi connectivity index (χ1v) is 35.1. The number of aryl methyl sites for hydroxylation is 1. The van der Waals surface area contributed by atoms with Crippen LogP contribution >= 0.6 is 0 Å². The van der Waals surface area contributed by atoms with E-state index in [1.165, 1.54) is 61.9 Å². The molecule has 4 fully saturated rings. The van der Waals surface area contributed by atoms with Gasteiger partial charge in [-0.05, 0) is 98.8 Å². The number of hydrogen-bond acceptors (Lipinski definition) is 12. The third kappa shape index (κ3) is 21.9. The van der Waals surface area contributed by atoms with E-state index in [-0.39, 0.29) is 94.3 Å². The summed E-state index contributed by atoms with van der Waals surface area (Å²) in [4.78, 5) is 170. The van der Waals surface area contributed by atoms with Crippen LogP contribution in [0.2, 0.25) is 0 Å². The molecule has 0 aromatic heterocycles. The fourth-order valence-corrected chi connectivity index (χ4v) is 13.9. The van der Waals surface area contributed by atoms with Gasteiger partial charge in [0.05, 0.1) is 37.9 Å². The lowest BCUT2D eigenvalue weighted by molar-refractivity contribution is -0.149. The van der Waals surface area contributed by atoms with Gasteiger partial charge in [0.1, 0.15) is 47.6 Å². The van der Waals surface area contributed by atoms with Crippen LogP contribution in [-0.2, 0) is 76.7 Å². The molecule has 2 aliphatic carbocycles. The minimum Gasteiger partial charge on any atom is -0.372 e. The van der Waals surface area contributed by atoms with E-state index in [0.29, 0.717) is 31.4 Å². The molecule has 550 valence electrons. The Morgan fingerprint density at radius 2 is 1.21 bits per heavy atom. The van der Waals surface area contributed by atoms with E-state index in [4.69, 9.17) is 4.74 Å². The quantitative estimate of drug-likeness (QED) is 0.153. The van der Waals surface area contributed by atoms with Crippen LogP contribution in [0.3, 0.4) is 0 Å². The Morgan fingerprint density at radius 1 is 0.626 bits per heavy atom. The maximum atomic E-state index is 15.5. The molecule has 2 saturated carbocycles. The smallest absolute Gasteiger partial charge is 0.372 e. The lowest BCUT2D eigenvalue weighted by Gasteiger charge is -2.38. The Morgan fingerprint density at radius 3 is 1.81 bits per heavy atom. The monoisotopic (exact) mass is 1390 g/mol. The van der Waals surface area contributed by atoms with Gasteiger partial charge in [0, 0.05) is 67.7 Å². The number of ether oxygens (including phenoxy) is 1. The average Bonchev–Trinajstić information content (AvgIpc) is 1.69. The van der Waals surface area contributed by atoms with Crippen molar-refractivity contribution >= 4 is 65.0 Å². The highest BCUT2D eigenvalue weighted by Gasteiger charge is 2.51. The van der Waals surface area contributed by atoms with Gasteiger partial charge in [-0.25, -0.2) is 4.39 Å². The maximum absolute atomic E-state index is 15.5. The van der Waals surface area contributed by atoms with Gasteiger partial charge < -0.3 is 60.3 Å². The van der Waals surface area contributed by atoms with Crippen LogP contribution in [0, 0.1) is 29.5 Å². The molecule has 2 aliphatic heterocycles. The number of amides is 11. The maximum Gasteiger partial charge on any atom is 0.419 e. The molecule has 11 amide bonds. The van der Waals surface area contributed by atoms with Gasteiger partial charge in [-0.15, -0.1) is 0 Å². The van der Waals surface area contributed by atoms with Gasteiger partial charge in [0.2, 0.25) is 65.0 Å². The van der Waals surface area contributed by atoms with Gasteiger partial charge in [0.25, 0.3) is 0 Å². The Balaban J connectivity index is 1.42. The van der Waals surface area contributed by atoms with E-state index in [1.54, 1.807) is 13.8 Å². The van der Waals surface area contributed by atoms with Crippen LogP contribution < -0.4 is 21.3 Å². The molecule has 2 aromatic carbocycles. The molecule has 99 heavy (non-hydrogen) atoms. The normalized spacial score (nSPS) is 25.7. The number of halogens is 4. The molecule has 0 unspecified atom stereocenters. The van der Waals surface area contributed by atoms with Gasteiger partial charge in [-0.3, -0.25) is 52.7 Å². The zero-order chi connectivity index (χ0) is 73.4. The number of carbonyl (C=O) groups excluding carboxylic acids is 11. The van der Waals surface area contributed by atoms with E-state index in [2.05, 4.69) is 21.3 Å². The summed E-state index contributed by atoms with van der Waals surface area (Å²) in [6, 6.07) is 3.10. The lowest BCUT2D eigenvalue weighted by atomic mass is 9.84. The van der Waals surface area contributed by atoms with Crippen molar-refractivity contribution in [2.75, 3.05) is 68.5 Å². The largest absolute Gasteiger partial charge is 0.419 e. The molecule has 9 atom stereocenters. The van der Waals surface area contributed by atoms with E-state index < -0.39 is 162 Å². The first-order chi connectivity index (χ1) is 46.5. The Kier molecular flexibility index (Phi) is 29.2. The molecule has 0 radical (unpaired) electrons. The number of carbonyl (C=O) groups is 11. The molecule has 1 spiro atoms. The highest BCUT2D eigenvalue weighted by atomic mass is 19.4. The number of nitrogens with one attached hydrogen (secondary N) is 4. The number of benzene rings is 2. The lowest BCUT2D eigenvalue weighted by Crippen LogP contribution is -2.64. The summed E-state index contributed by atoms with van der Waals surface area (Å²) in [7, 11) is 8.47. The molecule has 2 heterocycles. The minimum atomic E-state index is -5.02. The van der Waals surface area contributed by atoms with Crippen molar-refractivity contribution in [1.29, 1.82) is 0 Å². The molecule has 4 aliphatic rings.